The van der Waals surface area contributed by atoms with Gasteiger partial charge in [-0.15, -0.1) is 0 Å². The van der Waals surface area contributed by atoms with Crippen LogP contribution in [0.5, 0.6) is 0 Å². The molecule has 1 aromatic rings. The number of nitrogens with zero attached hydrogens (tertiary/aromatic N) is 2. The fourth-order valence-electron chi connectivity index (χ4n) is 1.17. The molecule has 1 heterocycles. The second-order valence-electron chi connectivity index (χ2n) is 3.58. The molecule has 6 heteroatoms. The quantitative estimate of drug-likeness (QED) is 0.747. The van der Waals surface area contributed by atoms with Gasteiger partial charge in [-0.3, -0.25) is 4.68 Å². The van der Waals surface area contributed by atoms with E-state index in [4.69, 9.17) is 10.7 Å². The van der Waals surface area contributed by atoms with E-state index in [0.717, 1.165) is 0 Å². The first-order valence-electron chi connectivity index (χ1n) is 4.31. The summed E-state index contributed by atoms with van der Waals surface area (Å²) in [5.41, 5.74) is 0.633. The molecular formula is C8H13ClN2O2S. The highest BCUT2D eigenvalue weighted by molar-refractivity contribution is 8.13. The van der Waals surface area contributed by atoms with Gasteiger partial charge in [0.25, 0.3) is 0 Å². The van der Waals surface area contributed by atoms with Gasteiger partial charge in [0.15, 0.2) is 0 Å². The zero-order chi connectivity index (χ0) is 10.8. The Labute approximate surface area is 88.3 Å². The van der Waals surface area contributed by atoms with Crippen LogP contribution in [0, 0.1) is 5.92 Å². The van der Waals surface area contributed by atoms with Gasteiger partial charge in [-0.2, -0.15) is 5.10 Å². The van der Waals surface area contributed by atoms with Gasteiger partial charge in [0.1, 0.15) is 5.75 Å². The average molecular weight is 237 g/mol. The maximum atomic E-state index is 10.9. The first-order valence-corrected chi connectivity index (χ1v) is 6.79. The zero-order valence-corrected chi connectivity index (χ0v) is 9.72. The van der Waals surface area contributed by atoms with Crippen LogP contribution in [0.1, 0.15) is 19.5 Å². The topological polar surface area (TPSA) is 52.0 Å². The Kier molecular flexibility index (Phi) is 3.55. The fraction of sp³-hybridized carbons (Fsp3) is 0.625. The highest BCUT2D eigenvalue weighted by atomic mass is 35.7. The monoisotopic (exact) mass is 236 g/mol. The number of aromatic nitrogens is 2. The van der Waals surface area contributed by atoms with Gasteiger partial charge in [0.2, 0.25) is 9.05 Å². The third kappa shape index (κ3) is 3.67. The maximum Gasteiger partial charge on any atom is 0.238 e. The van der Waals surface area contributed by atoms with Crippen LogP contribution < -0.4 is 0 Å². The van der Waals surface area contributed by atoms with Crippen LogP contribution in [0.15, 0.2) is 12.3 Å². The minimum absolute atomic E-state index is 0.165. The first kappa shape index (κ1) is 11.5. The summed E-state index contributed by atoms with van der Waals surface area (Å²) in [7, 11) is 1.67. The third-order valence-corrected chi connectivity index (χ3v) is 2.63. The Morgan fingerprint density at radius 1 is 1.57 bits per heavy atom. The lowest BCUT2D eigenvalue weighted by atomic mass is 10.2. The Balaban J connectivity index is 2.83. The van der Waals surface area contributed by atoms with Crippen molar-refractivity contribution in [3.8, 4) is 0 Å². The molecule has 0 spiro atoms. The van der Waals surface area contributed by atoms with Crippen LogP contribution in [0.25, 0.3) is 0 Å². The van der Waals surface area contributed by atoms with Gasteiger partial charge in [-0.05, 0) is 12.0 Å². The molecule has 0 aliphatic rings. The van der Waals surface area contributed by atoms with Crippen molar-refractivity contribution in [2.45, 2.75) is 26.1 Å². The number of halogens is 1. The second-order valence-corrected chi connectivity index (χ2v) is 6.36. The number of hydrogen-bond donors (Lipinski definition) is 0. The summed E-state index contributed by atoms with van der Waals surface area (Å²) in [6.07, 6.45) is 1.58. The van der Waals surface area contributed by atoms with Crippen molar-refractivity contribution in [2.75, 3.05) is 0 Å². The van der Waals surface area contributed by atoms with Gasteiger partial charge < -0.3 is 0 Å². The van der Waals surface area contributed by atoms with Crippen molar-refractivity contribution in [2.24, 2.45) is 5.92 Å². The van der Waals surface area contributed by atoms with Crippen molar-refractivity contribution in [3.05, 3.63) is 18.0 Å². The van der Waals surface area contributed by atoms with Gasteiger partial charge in [0, 0.05) is 23.4 Å². The van der Waals surface area contributed by atoms with E-state index in [0.29, 0.717) is 18.2 Å². The van der Waals surface area contributed by atoms with E-state index >= 15 is 0 Å². The van der Waals surface area contributed by atoms with Crippen molar-refractivity contribution in [1.82, 2.24) is 9.78 Å². The number of rotatable bonds is 4. The molecule has 0 saturated heterocycles. The molecule has 1 aromatic heterocycles. The molecule has 0 aliphatic heterocycles. The molecule has 0 atom stereocenters. The van der Waals surface area contributed by atoms with Gasteiger partial charge >= 0.3 is 0 Å². The molecule has 80 valence electrons. The standard InChI is InChI=1S/C8H13ClN2O2S/c1-7(2)5-11-8(3-4-10-11)6-14(9,12)13/h3-4,7H,5-6H2,1-2H3. The zero-order valence-electron chi connectivity index (χ0n) is 8.14. The van der Waals surface area contributed by atoms with Crippen LogP contribution in [0.4, 0.5) is 0 Å². The van der Waals surface area contributed by atoms with Crippen molar-refractivity contribution in [1.29, 1.82) is 0 Å². The molecule has 0 amide bonds. The molecule has 0 fully saturated rings. The third-order valence-electron chi connectivity index (χ3n) is 1.66. The van der Waals surface area contributed by atoms with E-state index < -0.39 is 9.05 Å². The highest BCUT2D eigenvalue weighted by Gasteiger charge is 2.12. The average Bonchev–Trinajstić information content (AvgIpc) is 2.32. The second kappa shape index (κ2) is 4.31. The maximum absolute atomic E-state index is 10.9. The van der Waals surface area contributed by atoms with Crippen molar-refractivity contribution in [3.63, 3.8) is 0 Å². The summed E-state index contributed by atoms with van der Waals surface area (Å²) < 4.78 is 23.4. The predicted molar refractivity (Wildman–Crippen MR) is 55.5 cm³/mol. The Hall–Kier alpha value is -0.550. The van der Waals surface area contributed by atoms with Crippen molar-refractivity contribution >= 4 is 19.7 Å². The lowest BCUT2D eigenvalue weighted by Gasteiger charge is -2.08. The highest BCUT2D eigenvalue weighted by Crippen LogP contribution is 2.10. The summed E-state index contributed by atoms with van der Waals surface area (Å²) >= 11 is 0. The molecule has 0 saturated carbocycles. The first-order chi connectivity index (χ1) is 6.38. The van der Waals surface area contributed by atoms with Crippen molar-refractivity contribution < 1.29 is 8.42 Å². The molecule has 4 nitrogen and oxygen atoms in total. The van der Waals surface area contributed by atoms with E-state index in [1.54, 1.807) is 16.9 Å². The Bertz CT molecular complexity index is 397. The smallest absolute Gasteiger partial charge is 0.238 e. The van der Waals surface area contributed by atoms with Crippen LogP contribution in [-0.4, -0.2) is 18.2 Å². The summed E-state index contributed by atoms with van der Waals surface area (Å²) in [4.78, 5) is 0. The van der Waals surface area contributed by atoms with Crippen LogP contribution in [0.2, 0.25) is 0 Å². The van der Waals surface area contributed by atoms with Gasteiger partial charge in [0.05, 0.1) is 5.69 Å². The molecule has 0 unspecified atom stereocenters. The largest absolute Gasteiger partial charge is 0.268 e. The summed E-state index contributed by atoms with van der Waals surface area (Å²) in [6.45, 7) is 4.79. The lowest BCUT2D eigenvalue weighted by Crippen LogP contribution is -2.11. The van der Waals surface area contributed by atoms with Gasteiger partial charge in [-0.25, -0.2) is 8.42 Å². The SMILES string of the molecule is CC(C)Cn1nccc1CS(=O)(=O)Cl. The molecular weight excluding hydrogens is 224 g/mol. The van der Waals surface area contributed by atoms with E-state index in [2.05, 4.69) is 5.10 Å². The van der Waals surface area contributed by atoms with E-state index in [1.165, 1.54) is 0 Å². The lowest BCUT2D eigenvalue weighted by molar-refractivity contribution is 0.472. The molecule has 1 rings (SSSR count). The van der Waals surface area contributed by atoms with Crippen LogP contribution in [0.3, 0.4) is 0 Å². The van der Waals surface area contributed by atoms with E-state index in [1.807, 2.05) is 13.8 Å². The molecule has 0 radical (unpaired) electrons. The molecule has 0 bridgehead atoms. The molecule has 0 N–H and O–H groups in total. The normalized spacial score (nSPS) is 12.3. The van der Waals surface area contributed by atoms with E-state index in [9.17, 15) is 8.42 Å². The molecule has 0 aromatic carbocycles. The van der Waals surface area contributed by atoms with Gasteiger partial charge in [-0.1, -0.05) is 13.8 Å². The summed E-state index contributed by atoms with van der Waals surface area (Å²) in [5.74, 6) is 0.257. The van der Waals surface area contributed by atoms with Crippen LogP contribution in [-0.2, 0) is 21.3 Å². The van der Waals surface area contributed by atoms with Crippen LogP contribution >= 0.6 is 10.7 Å². The minimum atomic E-state index is -3.49. The fourth-order valence-corrected chi connectivity index (χ4v) is 2.10. The minimum Gasteiger partial charge on any atom is -0.268 e. The predicted octanol–water partition coefficient (Wildman–Crippen LogP) is 1.61. The summed E-state index contributed by atoms with van der Waals surface area (Å²) in [5, 5.41) is 4.03. The summed E-state index contributed by atoms with van der Waals surface area (Å²) in [6, 6.07) is 1.67. The molecule has 0 aliphatic carbocycles. The molecule has 14 heavy (non-hydrogen) atoms. The Morgan fingerprint density at radius 3 is 2.71 bits per heavy atom. The Morgan fingerprint density at radius 2 is 2.21 bits per heavy atom. The number of hydrogen-bond acceptors (Lipinski definition) is 3. The van der Waals surface area contributed by atoms with E-state index in [-0.39, 0.29) is 5.75 Å².